The van der Waals surface area contributed by atoms with Gasteiger partial charge in [0.2, 0.25) is 0 Å². The Bertz CT molecular complexity index is 1080. The lowest BCUT2D eigenvalue weighted by Gasteiger charge is -2.08. The van der Waals surface area contributed by atoms with Gasteiger partial charge in [0.15, 0.2) is 0 Å². The standard InChI is InChI=1S/C51H98N4/c1-5-9-13-17-20-22-24-26-28-30-32-36-40-44-54-47-46-52(42-38-34-16-12-8-4)50(54)51-53(43-39-35-19-15-11-7-3)48-49-55(51)45-41-37-33-31-29-27-25-23-21-18-14-10-6-2/h46-49H,5-45H2,1-4H3/q+2. The van der Waals surface area contributed by atoms with Crippen LogP contribution in [0, 0.1) is 0 Å². The van der Waals surface area contributed by atoms with Crippen LogP contribution in [0.4, 0.5) is 0 Å². The molecule has 4 nitrogen and oxygen atoms in total. The number of aryl methyl sites for hydroxylation is 4. The van der Waals surface area contributed by atoms with E-state index in [1.807, 2.05) is 0 Å². The molecule has 0 saturated heterocycles. The molecule has 2 aromatic heterocycles. The molecule has 0 bridgehead atoms. The summed E-state index contributed by atoms with van der Waals surface area (Å²) in [4.78, 5) is 0. The first-order valence-corrected chi connectivity index (χ1v) is 25.4. The van der Waals surface area contributed by atoms with Gasteiger partial charge in [0.05, 0.1) is 26.2 Å². The molecule has 0 N–H and O–H groups in total. The highest BCUT2D eigenvalue weighted by molar-refractivity contribution is 5.36. The molecule has 2 rings (SSSR count). The first-order valence-electron chi connectivity index (χ1n) is 25.4. The van der Waals surface area contributed by atoms with Crippen molar-refractivity contribution >= 4 is 0 Å². The van der Waals surface area contributed by atoms with E-state index in [1.165, 1.54) is 249 Å². The molecule has 4 heteroatoms. The van der Waals surface area contributed by atoms with Crippen molar-refractivity contribution in [2.75, 3.05) is 0 Å². The summed E-state index contributed by atoms with van der Waals surface area (Å²) in [5, 5.41) is 0. The van der Waals surface area contributed by atoms with Crippen LogP contribution in [0.15, 0.2) is 24.8 Å². The molecule has 0 aromatic carbocycles. The van der Waals surface area contributed by atoms with E-state index >= 15 is 0 Å². The molecule has 320 valence electrons. The van der Waals surface area contributed by atoms with Gasteiger partial charge in [-0.1, -0.05) is 214 Å². The van der Waals surface area contributed by atoms with Crippen LogP contribution in [0.2, 0.25) is 0 Å². The average molecular weight is 767 g/mol. The Hall–Kier alpha value is -1.58. The molecule has 0 unspecified atom stereocenters. The predicted molar refractivity (Wildman–Crippen MR) is 242 cm³/mol. The van der Waals surface area contributed by atoms with Gasteiger partial charge < -0.3 is 0 Å². The fourth-order valence-electron chi connectivity index (χ4n) is 8.72. The van der Waals surface area contributed by atoms with Gasteiger partial charge in [0.25, 0.3) is 0 Å². The molecule has 0 aliphatic heterocycles. The van der Waals surface area contributed by atoms with Crippen LogP contribution in [0.3, 0.4) is 0 Å². The van der Waals surface area contributed by atoms with Crippen LogP contribution in [0.25, 0.3) is 11.6 Å². The largest absolute Gasteiger partial charge is 0.373 e. The van der Waals surface area contributed by atoms with Crippen molar-refractivity contribution in [1.82, 2.24) is 9.13 Å². The smallest absolute Gasteiger partial charge is 0.223 e. The molecule has 0 spiro atoms. The summed E-state index contributed by atoms with van der Waals surface area (Å²) < 4.78 is 10.6. The lowest BCUT2D eigenvalue weighted by Crippen LogP contribution is -2.43. The van der Waals surface area contributed by atoms with Crippen molar-refractivity contribution in [1.29, 1.82) is 0 Å². The van der Waals surface area contributed by atoms with Gasteiger partial charge in [-0.2, -0.15) is 0 Å². The Kier molecular flexibility index (Phi) is 33.1. The lowest BCUT2D eigenvalue weighted by atomic mass is 10.0. The van der Waals surface area contributed by atoms with Crippen molar-refractivity contribution in [2.24, 2.45) is 0 Å². The van der Waals surface area contributed by atoms with E-state index in [-0.39, 0.29) is 0 Å². The number of aromatic nitrogens is 4. The third-order valence-electron chi connectivity index (χ3n) is 12.4. The minimum absolute atomic E-state index is 1.14. The molecule has 55 heavy (non-hydrogen) atoms. The fraction of sp³-hybridized carbons (Fsp3) is 0.882. The topological polar surface area (TPSA) is 17.6 Å². The number of hydrogen-bond acceptors (Lipinski definition) is 0. The zero-order chi connectivity index (χ0) is 39.3. The average Bonchev–Trinajstić information content (AvgIpc) is 3.78. The van der Waals surface area contributed by atoms with Gasteiger partial charge in [0, 0.05) is 0 Å². The van der Waals surface area contributed by atoms with Crippen LogP contribution < -0.4 is 9.13 Å². The van der Waals surface area contributed by atoms with E-state index in [9.17, 15) is 0 Å². The maximum Gasteiger partial charge on any atom is 0.373 e. The quantitative estimate of drug-likeness (QED) is 0.0473. The van der Waals surface area contributed by atoms with E-state index in [4.69, 9.17) is 0 Å². The highest BCUT2D eigenvalue weighted by Gasteiger charge is 2.32. The van der Waals surface area contributed by atoms with Gasteiger partial charge >= 0.3 is 11.6 Å². The number of hydrogen-bond donors (Lipinski definition) is 0. The highest BCUT2D eigenvalue weighted by Crippen LogP contribution is 2.20. The summed E-state index contributed by atoms with van der Waals surface area (Å²) in [5.74, 6) is 2.95. The molecule has 0 aliphatic rings. The minimum atomic E-state index is 1.14. The second-order valence-corrected chi connectivity index (χ2v) is 17.7. The van der Waals surface area contributed by atoms with Crippen LogP contribution in [-0.4, -0.2) is 9.13 Å². The van der Waals surface area contributed by atoms with Crippen LogP contribution in [0.1, 0.15) is 265 Å². The van der Waals surface area contributed by atoms with Gasteiger partial charge in [-0.25, -0.2) is 18.3 Å². The molecule has 0 aliphatic carbocycles. The Morgan fingerprint density at radius 1 is 0.291 bits per heavy atom. The summed E-state index contributed by atoms with van der Waals surface area (Å²) in [7, 11) is 0. The van der Waals surface area contributed by atoms with Gasteiger partial charge in [-0.3, -0.25) is 0 Å². The van der Waals surface area contributed by atoms with Crippen molar-refractivity contribution in [2.45, 2.75) is 291 Å². The van der Waals surface area contributed by atoms with Gasteiger partial charge in [-0.15, -0.1) is 0 Å². The minimum Gasteiger partial charge on any atom is -0.223 e. The van der Waals surface area contributed by atoms with E-state index in [1.54, 1.807) is 0 Å². The van der Waals surface area contributed by atoms with Gasteiger partial charge in [0.1, 0.15) is 24.8 Å². The molecular weight excluding hydrogens is 669 g/mol. The molecule has 0 atom stereocenters. The molecule has 0 fully saturated rings. The SMILES string of the molecule is CCCCCCCCCCCCCCCn1cc[n+](CCCCCCC)c1-c1n(CCCCCCCC)cc[n+]1CCCCCCCCCCCCCCC. The maximum absolute atomic E-state index is 2.65. The summed E-state index contributed by atoms with van der Waals surface area (Å²) in [5.41, 5.74) is 0. The monoisotopic (exact) mass is 767 g/mol. The maximum atomic E-state index is 2.65. The Morgan fingerprint density at radius 2 is 0.509 bits per heavy atom. The lowest BCUT2D eigenvalue weighted by molar-refractivity contribution is -0.715. The van der Waals surface area contributed by atoms with Gasteiger partial charge in [-0.05, 0) is 51.4 Å². The van der Waals surface area contributed by atoms with Crippen LogP contribution in [0.5, 0.6) is 0 Å². The van der Waals surface area contributed by atoms with E-state index in [0.717, 1.165) is 26.2 Å². The summed E-state index contributed by atoms with van der Waals surface area (Å²) in [6.45, 7) is 13.9. The van der Waals surface area contributed by atoms with Crippen LogP contribution >= 0.6 is 0 Å². The van der Waals surface area contributed by atoms with E-state index < -0.39 is 0 Å². The summed E-state index contributed by atoms with van der Waals surface area (Å²) >= 11 is 0. The Balaban J connectivity index is 1.99. The fourth-order valence-corrected chi connectivity index (χ4v) is 8.72. The third kappa shape index (κ3) is 24.7. The van der Waals surface area contributed by atoms with Crippen molar-refractivity contribution in [3.8, 4) is 11.6 Å². The zero-order valence-electron chi connectivity index (χ0n) is 38.1. The first kappa shape index (κ1) is 49.6. The molecule has 0 radical (unpaired) electrons. The van der Waals surface area contributed by atoms with Crippen molar-refractivity contribution in [3.05, 3.63) is 24.8 Å². The number of unbranched alkanes of at least 4 members (excludes halogenated alkanes) is 33. The second kappa shape index (κ2) is 36.7. The molecular formula is C51H98N4+2. The summed E-state index contributed by atoms with van der Waals surface area (Å²) in [6.07, 6.45) is 61.4. The normalized spacial score (nSPS) is 11.7. The predicted octanol–water partition coefficient (Wildman–Crippen LogP) is 16.0. The highest BCUT2D eigenvalue weighted by atomic mass is 15.2. The number of imidazole rings is 2. The van der Waals surface area contributed by atoms with E-state index in [2.05, 4.69) is 70.8 Å². The first-order chi connectivity index (χ1) is 27.3. The Morgan fingerprint density at radius 3 is 0.764 bits per heavy atom. The van der Waals surface area contributed by atoms with Crippen molar-refractivity contribution in [3.63, 3.8) is 0 Å². The molecule has 0 saturated carbocycles. The number of rotatable bonds is 42. The molecule has 2 heterocycles. The second-order valence-electron chi connectivity index (χ2n) is 17.7. The van der Waals surface area contributed by atoms with Crippen LogP contribution in [-0.2, 0) is 26.2 Å². The van der Waals surface area contributed by atoms with Crippen molar-refractivity contribution < 1.29 is 9.13 Å². The Labute approximate surface area is 345 Å². The number of nitrogens with zero attached hydrogens (tertiary/aromatic N) is 4. The molecule has 2 aromatic rings. The molecule has 0 amide bonds. The van der Waals surface area contributed by atoms with E-state index in [0.29, 0.717) is 0 Å². The zero-order valence-corrected chi connectivity index (χ0v) is 38.1. The summed E-state index contributed by atoms with van der Waals surface area (Å²) in [6, 6.07) is 0. The third-order valence-corrected chi connectivity index (χ3v) is 12.4.